The Bertz CT molecular complexity index is 501. The Morgan fingerprint density at radius 3 is 2.88 bits per heavy atom. The van der Waals surface area contributed by atoms with Crippen LogP contribution in [-0.4, -0.2) is 10.2 Å². The Hall–Kier alpha value is -0.650. The molecule has 2 rings (SSSR count). The molecule has 0 aliphatic heterocycles. The van der Waals surface area contributed by atoms with Crippen molar-refractivity contribution in [1.29, 1.82) is 0 Å². The van der Waals surface area contributed by atoms with Gasteiger partial charge in [0.05, 0.1) is 0 Å². The Kier molecular flexibility index (Phi) is 3.78. The van der Waals surface area contributed by atoms with E-state index < -0.39 is 0 Å². The minimum Gasteiger partial charge on any atom is -0.356 e. The van der Waals surface area contributed by atoms with Crippen LogP contribution >= 0.6 is 38.9 Å². The molecule has 0 saturated heterocycles. The van der Waals surface area contributed by atoms with Crippen LogP contribution in [-0.2, 0) is 6.54 Å². The average Bonchev–Trinajstić information content (AvgIpc) is 2.63. The largest absolute Gasteiger partial charge is 0.356 e. The fraction of sp³-hybridized carbons (Fsp3) is 0.200. The molecule has 3 nitrogen and oxygen atoms in total. The van der Waals surface area contributed by atoms with E-state index >= 15 is 0 Å². The number of anilines is 1. The van der Waals surface area contributed by atoms with Gasteiger partial charge in [-0.15, -0.1) is 10.2 Å². The third kappa shape index (κ3) is 2.93. The highest BCUT2D eigenvalue weighted by atomic mass is 79.9. The maximum Gasteiger partial charge on any atom is 0.205 e. The lowest BCUT2D eigenvalue weighted by Crippen LogP contribution is -1.99. The molecule has 0 radical (unpaired) electrons. The van der Waals surface area contributed by atoms with Crippen LogP contribution < -0.4 is 5.32 Å². The fourth-order valence-electron chi connectivity index (χ4n) is 1.20. The summed E-state index contributed by atoms with van der Waals surface area (Å²) in [5.74, 6) is 0. The minimum absolute atomic E-state index is 0.701. The lowest BCUT2D eigenvalue weighted by molar-refractivity contribution is 1.02. The van der Waals surface area contributed by atoms with E-state index in [1.807, 2.05) is 25.1 Å². The lowest BCUT2D eigenvalue weighted by Gasteiger charge is -2.05. The molecule has 2 aromatic rings. The maximum atomic E-state index is 5.87. The molecule has 0 aliphatic carbocycles. The van der Waals surface area contributed by atoms with Gasteiger partial charge in [-0.05, 0) is 24.6 Å². The predicted molar refractivity (Wildman–Crippen MR) is 71.1 cm³/mol. The molecule has 0 fully saturated rings. The van der Waals surface area contributed by atoms with Gasteiger partial charge >= 0.3 is 0 Å². The van der Waals surface area contributed by atoms with E-state index in [1.165, 1.54) is 0 Å². The SMILES string of the molecule is Cc1nnc(NCc2ccc(Cl)cc2Br)s1. The summed E-state index contributed by atoms with van der Waals surface area (Å²) in [5, 5.41) is 13.7. The van der Waals surface area contributed by atoms with Gasteiger partial charge in [-0.25, -0.2) is 0 Å². The molecule has 6 heteroatoms. The quantitative estimate of drug-likeness (QED) is 0.933. The molecule has 16 heavy (non-hydrogen) atoms. The molecule has 1 N–H and O–H groups in total. The van der Waals surface area contributed by atoms with E-state index in [9.17, 15) is 0 Å². The van der Waals surface area contributed by atoms with Gasteiger partial charge in [-0.1, -0.05) is 44.9 Å². The molecule has 1 heterocycles. The summed E-state index contributed by atoms with van der Waals surface area (Å²) in [4.78, 5) is 0. The van der Waals surface area contributed by atoms with Gasteiger partial charge in [0.15, 0.2) is 0 Å². The third-order valence-electron chi connectivity index (χ3n) is 1.97. The molecule has 0 amide bonds. The topological polar surface area (TPSA) is 37.8 Å². The summed E-state index contributed by atoms with van der Waals surface area (Å²) < 4.78 is 0.994. The summed E-state index contributed by atoms with van der Waals surface area (Å²) in [7, 11) is 0. The van der Waals surface area contributed by atoms with Gasteiger partial charge in [0.25, 0.3) is 0 Å². The number of halogens is 2. The fourth-order valence-corrected chi connectivity index (χ4v) is 2.61. The Labute approximate surface area is 111 Å². The number of aromatic nitrogens is 2. The van der Waals surface area contributed by atoms with E-state index in [0.717, 1.165) is 25.2 Å². The first kappa shape index (κ1) is 11.8. The zero-order chi connectivity index (χ0) is 11.5. The Balaban J connectivity index is 2.04. The molecule has 0 aliphatic rings. The molecular weight excluding hydrogens is 310 g/mol. The van der Waals surface area contributed by atoms with Crippen molar-refractivity contribution in [2.45, 2.75) is 13.5 Å². The average molecular weight is 319 g/mol. The number of hydrogen-bond donors (Lipinski definition) is 1. The van der Waals surface area contributed by atoms with Crippen molar-refractivity contribution in [2.75, 3.05) is 5.32 Å². The second-order valence-corrected chi connectivity index (χ2v) is 5.69. The summed E-state index contributed by atoms with van der Waals surface area (Å²) in [6, 6.07) is 5.73. The molecule has 0 spiro atoms. The molecular formula is C10H9BrClN3S. The molecule has 0 bridgehead atoms. The van der Waals surface area contributed by atoms with Crippen LogP contribution in [0, 0.1) is 6.92 Å². The summed E-state index contributed by atoms with van der Waals surface area (Å²) in [5.41, 5.74) is 1.14. The van der Waals surface area contributed by atoms with E-state index in [4.69, 9.17) is 11.6 Å². The van der Waals surface area contributed by atoms with Crippen molar-refractivity contribution in [3.8, 4) is 0 Å². The standard InChI is InChI=1S/C10H9BrClN3S/c1-6-14-15-10(16-6)13-5-7-2-3-8(12)4-9(7)11/h2-4H,5H2,1H3,(H,13,15). The van der Waals surface area contributed by atoms with Crippen molar-refractivity contribution in [1.82, 2.24) is 10.2 Å². The summed E-state index contributed by atoms with van der Waals surface area (Å²) in [6.07, 6.45) is 0. The molecule has 1 aromatic heterocycles. The zero-order valence-corrected chi connectivity index (χ0v) is 11.7. The van der Waals surface area contributed by atoms with Crippen LogP contribution in [0.4, 0.5) is 5.13 Å². The highest BCUT2D eigenvalue weighted by Crippen LogP contribution is 2.23. The van der Waals surface area contributed by atoms with Crippen LogP contribution in [0.5, 0.6) is 0 Å². The number of nitrogens with one attached hydrogen (secondary N) is 1. The molecule has 0 unspecified atom stereocenters. The smallest absolute Gasteiger partial charge is 0.205 e. The van der Waals surface area contributed by atoms with Crippen molar-refractivity contribution >= 4 is 44.0 Å². The van der Waals surface area contributed by atoms with Crippen LogP contribution in [0.25, 0.3) is 0 Å². The van der Waals surface area contributed by atoms with E-state index in [1.54, 1.807) is 11.3 Å². The minimum atomic E-state index is 0.701. The van der Waals surface area contributed by atoms with Gasteiger partial charge in [-0.3, -0.25) is 0 Å². The highest BCUT2D eigenvalue weighted by molar-refractivity contribution is 9.10. The summed E-state index contributed by atoms with van der Waals surface area (Å²) >= 11 is 10.9. The second kappa shape index (κ2) is 5.12. The van der Waals surface area contributed by atoms with Crippen molar-refractivity contribution in [3.05, 3.63) is 38.3 Å². The predicted octanol–water partition coefficient (Wildman–Crippen LogP) is 3.87. The number of rotatable bonds is 3. The Morgan fingerprint density at radius 2 is 2.25 bits per heavy atom. The monoisotopic (exact) mass is 317 g/mol. The van der Waals surface area contributed by atoms with E-state index in [2.05, 4.69) is 31.4 Å². The number of aryl methyl sites for hydroxylation is 1. The summed E-state index contributed by atoms with van der Waals surface area (Å²) in [6.45, 7) is 2.63. The first-order valence-corrected chi connectivity index (χ1v) is 6.62. The highest BCUT2D eigenvalue weighted by Gasteiger charge is 2.03. The lowest BCUT2D eigenvalue weighted by atomic mass is 10.2. The number of hydrogen-bond acceptors (Lipinski definition) is 4. The van der Waals surface area contributed by atoms with Crippen LogP contribution in [0.15, 0.2) is 22.7 Å². The molecule has 0 atom stereocenters. The third-order valence-corrected chi connectivity index (χ3v) is 3.74. The zero-order valence-electron chi connectivity index (χ0n) is 8.50. The number of nitrogens with zero attached hydrogens (tertiary/aromatic N) is 2. The van der Waals surface area contributed by atoms with Gasteiger partial charge in [0.2, 0.25) is 5.13 Å². The normalized spacial score (nSPS) is 10.4. The maximum absolute atomic E-state index is 5.87. The van der Waals surface area contributed by atoms with Crippen molar-refractivity contribution in [2.24, 2.45) is 0 Å². The van der Waals surface area contributed by atoms with E-state index in [0.29, 0.717) is 6.54 Å². The van der Waals surface area contributed by atoms with Crippen molar-refractivity contribution < 1.29 is 0 Å². The first-order chi connectivity index (χ1) is 7.65. The molecule has 84 valence electrons. The van der Waals surface area contributed by atoms with Gasteiger partial charge in [0, 0.05) is 16.0 Å². The first-order valence-electron chi connectivity index (χ1n) is 4.63. The van der Waals surface area contributed by atoms with Crippen molar-refractivity contribution in [3.63, 3.8) is 0 Å². The molecule has 0 saturated carbocycles. The molecule has 1 aromatic carbocycles. The van der Waals surface area contributed by atoms with Crippen LogP contribution in [0.2, 0.25) is 5.02 Å². The van der Waals surface area contributed by atoms with Crippen LogP contribution in [0.3, 0.4) is 0 Å². The number of benzene rings is 1. The van der Waals surface area contributed by atoms with E-state index in [-0.39, 0.29) is 0 Å². The second-order valence-electron chi connectivity index (χ2n) is 3.22. The van der Waals surface area contributed by atoms with Gasteiger partial charge in [0.1, 0.15) is 5.01 Å². The van der Waals surface area contributed by atoms with Gasteiger partial charge in [-0.2, -0.15) is 0 Å². The Morgan fingerprint density at radius 1 is 1.44 bits per heavy atom. The van der Waals surface area contributed by atoms with Gasteiger partial charge < -0.3 is 5.32 Å². The van der Waals surface area contributed by atoms with Crippen LogP contribution in [0.1, 0.15) is 10.6 Å².